The number of aromatic nitrogens is 2. The summed E-state index contributed by atoms with van der Waals surface area (Å²) in [4.78, 5) is 7.91. The van der Waals surface area contributed by atoms with E-state index in [2.05, 4.69) is 64.7 Å². The third-order valence-electron chi connectivity index (χ3n) is 4.86. The van der Waals surface area contributed by atoms with Gasteiger partial charge >= 0.3 is 0 Å². The van der Waals surface area contributed by atoms with Crippen LogP contribution in [0.25, 0.3) is 33.3 Å². The molecule has 4 aromatic rings. The summed E-state index contributed by atoms with van der Waals surface area (Å²) in [7, 11) is 0. The average Bonchev–Trinajstić information content (AvgIpc) is 3.11. The molecule has 0 atom stereocenters. The molecule has 0 bridgehead atoms. The first-order chi connectivity index (χ1) is 12.4. The molecular weight excluding hydrogens is 308 g/mol. The van der Waals surface area contributed by atoms with E-state index >= 15 is 0 Å². The zero-order chi connectivity index (χ0) is 16.6. The molecule has 3 nitrogen and oxygen atoms in total. The van der Waals surface area contributed by atoms with E-state index in [1.807, 2.05) is 12.3 Å². The van der Waals surface area contributed by atoms with Crippen molar-refractivity contribution in [1.29, 1.82) is 0 Å². The first kappa shape index (κ1) is 14.3. The van der Waals surface area contributed by atoms with Crippen LogP contribution < -0.4 is 4.74 Å². The van der Waals surface area contributed by atoms with Crippen molar-refractivity contribution in [3.63, 3.8) is 0 Å². The molecule has 1 aliphatic rings. The molecule has 25 heavy (non-hydrogen) atoms. The Labute approximate surface area is 146 Å². The Morgan fingerprint density at radius 3 is 2.76 bits per heavy atom. The van der Waals surface area contributed by atoms with Crippen LogP contribution >= 0.6 is 0 Å². The second kappa shape index (κ2) is 5.78. The zero-order valence-electron chi connectivity index (χ0n) is 13.8. The minimum absolute atomic E-state index is 0.823. The van der Waals surface area contributed by atoms with Crippen LogP contribution in [-0.4, -0.2) is 16.6 Å². The summed E-state index contributed by atoms with van der Waals surface area (Å²) in [6.07, 6.45) is 6.15. The van der Waals surface area contributed by atoms with Crippen LogP contribution in [0.5, 0.6) is 5.75 Å². The maximum Gasteiger partial charge on any atom is 0.137 e. The standard InChI is InChI=1S/C22H18N2O/c1-2-5-15(6-3-1)18-12-19-20(14-24-22(19)23-13-18)16-8-9-21-17(11-16)7-4-10-25-21/h1-3,5-6,8-9,11-14H,4,7,10H2,(H,23,24). The van der Waals surface area contributed by atoms with Gasteiger partial charge in [0.05, 0.1) is 6.61 Å². The van der Waals surface area contributed by atoms with Crippen molar-refractivity contribution in [3.8, 4) is 28.0 Å². The van der Waals surface area contributed by atoms with Crippen molar-refractivity contribution in [3.05, 3.63) is 72.6 Å². The van der Waals surface area contributed by atoms with Gasteiger partial charge in [-0.1, -0.05) is 36.4 Å². The molecule has 3 heterocycles. The maximum atomic E-state index is 5.74. The van der Waals surface area contributed by atoms with Gasteiger partial charge in [-0.3, -0.25) is 0 Å². The number of rotatable bonds is 2. The Kier molecular flexibility index (Phi) is 3.30. The van der Waals surface area contributed by atoms with Crippen LogP contribution in [0.15, 0.2) is 67.0 Å². The Hall–Kier alpha value is -3.07. The first-order valence-electron chi connectivity index (χ1n) is 8.67. The summed E-state index contributed by atoms with van der Waals surface area (Å²) < 4.78 is 5.74. The minimum atomic E-state index is 0.823. The van der Waals surface area contributed by atoms with Crippen molar-refractivity contribution in [2.45, 2.75) is 12.8 Å². The maximum absolute atomic E-state index is 5.74. The number of H-pyrrole nitrogens is 1. The fourth-order valence-corrected chi connectivity index (χ4v) is 3.56. The molecule has 0 saturated heterocycles. The van der Waals surface area contributed by atoms with Gasteiger partial charge in [-0.25, -0.2) is 4.98 Å². The lowest BCUT2D eigenvalue weighted by Gasteiger charge is -2.17. The Morgan fingerprint density at radius 1 is 0.920 bits per heavy atom. The summed E-state index contributed by atoms with van der Waals surface area (Å²) in [5, 5.41) is 1.15. The number of benzene rings is 2. The van der Waals surface area contributed by atoms with Gasteiger partial charge < -0.3 is 9.72 Å². The number of hydrogen-bond acceptors (Lipinski definition) is 2. The average molecular weight is 326 g/mol. The van der Waals surface area contributed by atoms with E-state index in [1.54, 1.807) is 0 Å². The van der Waals surface area contributed by atoms with Crippen molar-refractivity contribution >= 4 is 11.0 Å². The molecular formula is C22H18N2O. The highest BCUT2D eigenvalue weighted by Gasteiger charge is 2.14. The summed E-state index contributed by atoms with van der Waals surface area (Å²) >= 11 is 0. The second-order valence-electron chi connectivity index (χ2n) is 6.46. The molecule has 2 aromatic carbocycles. The highest BCUT2D eigenvalue weighted by atomic mass is 16.5. The molecule has 0 aliphatic carbocycles. The van der Waals surface area contributed by atoms with Gasteiger partial charge in [0, 0.05) is 28.9 Å². The predicted molar refractivity (Wildman–Crippen MR) is 101 cm³/mol. The smallest absolute Gasteiger partial charge is 0.137 e. The quantitative estimate of drug-likeness (QED) is 0.548. The fourth-order valence-electron chi connectivity index (χ4n) is 3.56. The van der Waals surface area contributed by atoms with Crippen LogP contribution in [0, 0.1) is 0 Å². The lowest BCUT2D eigenvalue weighted by Crippen LogP contribution is -2.07. The molecule has 1 aliphatic heterocycles. The molecule has 3 heteroatoms. The van der Waals surface area contributed by atoms with Crippen LogP contribution in [-0.2, 0) is 6.42 Å². The second-order valence-corrected chi connectivity index (χ2v) is 6.46. The fraction of sp³-hybridized carbons (Fsp3) is 0.136. The molecule has 1 N–H and O–H groups in total. The zero-order valence-corrected chi connectivity index (χ0v) is 13.8. The molecule has 2 aromatic heterocycles. The van der Waals surface area contributed by atoms with E-state index in [-0.39, 0.29) is 0 Å². The van der Waals surface area contributed by atoms with Gasteiger partial charge in [-0.05, 0) is 47.7 Å². The topological polar surface area (TPSA) is 37.9 Å². The Bertz CT molecular complexity index is 1050. The van der Waals surface area contributed by atoms with Gasteiger partial charge in [0.1, 0.15) is 11.4 Å². The Morgan fingerprint density at radius 2 is 1.84 bits per heavy atom. The largest absolute Gasteiger partial charge is 0.493 e. The van der Waals surface area contributed by atoms with Crippen LogP contribution in [0.1, 0.15) is 12.0 Å². The lowest BCUT2D eigenvalue weighted by atomic mass is 9.98. The molecule has 5 rings (SSSR count). The van der Waals surface area contributed by atoms with Gasteiger partial charge in [0.15, 0.2) is 0 Å². The van der Waals surface area contributed by atoms with E-state index < -0.39 is 0 Å². The third kappa shape index (κ3) is 2.49. The summed E-state index contributed by atoms with van der Waals surface area (Å²) in [5.41, 5.74) is 6.93. The van der Waals surface area contributed by atoms with Gasteiger partial charge in [0.2, 0.25) is 0 Å². The molecule has 0 unspecified atom stereocenters. The number of aromatic amines is 1. The SMILES string of the molecule is c1ccc(-c2cnc3[nH]cc(-c4ccc5c(c4)CCCO5)c3c2)cc1. The molecule has 122 valence electrons. The van der Waals surface area contributed by atoms with E-state index in [4.69, 9.17) is 4.74 Å². The van der Waals surface area contributed by atoms with Gasteiger partial charge in [0.25, 0.3) is 0 Å². The van der Waals surface area contributed by atoms with E-state index in [0.717, 1.165) is 41.8 Å². The molecule has 0 saturated carbocycles. The van der Waals surface area contributed by atoms with E-state index in [9.17, 15) is 0 Å². The van der Waals surface area contributed by atoms with Gasteiger partial charge in [-0.2, -0.15) is 0 Å². The van der Waals surface area contributed by atoms with E-state index in [0.29, 0.717) is 0 Å². The van der Waals surface area contributed by atoms with Gasteiger partial charge in [-0.15, -0.1) is 0 Å². The third-order valence-corrected chi connectivity index (χ3v) is 4.86. The van der Waals surface area contributed by atoms with Crippen molar-refractivity contribution in [2.24, 2.45) is 0 Å². The molecule has 0 amide bonds. The van der Waals surface area contributed by atoms with Crippen molar-refractivity contribution in [1.82, 2.24) is 9.97 Å². The summed E-state index contributed by atoms with van der Waals surface area (Å²) in [5.74, 6) is 1.03. The predicted octanol–water partition coefficient (Wildman–Crippen LogP) is 5.22. The first-order valence-corrected chi connectivity index (χ1v) is 8.67. The molecule has 0 spiro atoms. The number of aryl methyl sites for hydroxylation is 1. The summed E-state index contributed by atoms with van der Waals surface area (Å²) in [6.45, 7) is 0.823. The molecule has 0 fully saturated rings. The normalized spacial score (nSPS) is 13.4. The Balaban J connectivity index is 1.64. The van der Waals surface area contributed by atoms with Crippen LogP contribution in [0.2, 0.25) is 0 Å². The number of pyridine rings is 1. The van der Waals surface area contributed by atoms with Crippen molar-refractivity contribution in [2.75, 3.05) is 6.61 Å². The number of fused-ring (bicyclic) bond motifs is 2. The van der Waals surface area contributed by atoms with Crippen LogP contribution in [0.4, 0.5) is 0 Å². The van der Waals surface area contributed by atoms with E-state index in [1.165, 1.54) is 22.3 Å². The summed E-state index contributed by atoms with van der Waals surface area (Å²) in [6, 6.07) is 19.1. The number of hydrogen-bond donors (Lipinski definition) is 1. The van der Waals surface area contributed by atoms with Crippen LogP contribution in [0.3, 0.4) is 0 Å². The molecule has 0 radical (unpaired) electrons. The number of nitrogens with one attached hydrogen (secondary N) is 1. The minimum Gasteiger partial charge on any atom is -0.493 e. The number of ether oxygens (including phenoxy) is 1. The lowest BCUT2D eigenvalue weighted by molar-refractivity contribution is 0.288. The number of nitrogens with zero attached hydrogens (tertiary/aromatic N) is 1. The highest BCUT2D eigenvalue weighted by molar-refractivity contribution is 5.96. The highest BCUT2D eigenvalue weighted by Crippen LogP contribution is 2.34. The monoisotopic (exact) mass is 326 g/mol. The van der Waals surface area contributed by atoms with Crippen molar-refractivity contribution < 1.29 is 4.74 Å².